The number of ketones is 1. The highest BCUT2D eigenvalue weighted by Gasteiger charge is 2.19. The minimum atomic E-state index is -1.12. The summed E-state index contributed by atoms with van der Waals surface area (Å²) < 4.78 is 5.17. The van der Waals surface area contributed by atoms with E-state index in [9.17, 15) is 9.59 Å². The standard InChI is InChI=1S/C10H12N2O4/c1-2-16-8-5-6(11)3-4-7(8)9(13)10(14)12-15/h3-5,15H,2,11H2,1H3,(H,12,14). The topological polar surface area (TPSA) is 102 Å². The van der Waals surface area contributed by atoms with Crippen LogP contribution in [0.25, 0.3) is 0 Å². The van der Waals surface area contributed by atoms with E-state index in [1.54, 1.807) is 6.92 Å². The maximum absolute atomic E-state index is 11.5. The summed E-state index contributed by atoms with van der Waals surface area (Å²) in [6, 6.07) is 4.29. The zero-order chi connectivity index (χ0) is 12.1. The van der Waals surface area contributed by atoms with Gasteiger partial charge in [0, 0.05) is 11.8 Å². The number of hydroxylamine groups is 1. The van der Waals surface area contributed by atoms with Gasteiger partial charge in [0.15, 0.2) is 0 Å². The number of carbonyl (C=O) groups is 2. The lowest BCUT2D eigenvalue weighted by Gasteiger charge is -2.09. The Morgan fingerprint density at radius 2 is 2.19 bits per heavy atom. The monoisotopic (exact) mass is 224 g/mol. The molecule has 0 aliphatic carbocycles. The molecule has 6 heteroatoms. The van der Waals surface area contributed by atoms with Gasteiger partial charge < -0.3 is 10.5 Å². The van der Waals surface area contributed by atoms with Crippen LogP contribution in [-0.4, -0.2) is 23.5 Å². The lowest BCUT2D eigenvalue weighted by atomic mass is 10.1. The van der Waals surface area contributed by atoms with Crippen LogP contribution in [0.3, 0.4) is 0 Å². The van der Waals surface area contributed by atoms with Crippen molar-refractivity contribution < 1.29 is 19.5 Å². The molecule has 1 rings (SSSR count). The second-order valence-electron chi connectivity index (χ2n) is 2.96. The van der Waals surface area contributed by atoms with Crippen LogP contribution in [0, 0.1) is 0 Å². The first-order chi connectivity index (χ1) is 7.60. The van der Waals surface area contributed by atoms with Crippen molar-refractivity contribution in [3.8, 4) is 5.75 Å². The number of nitrogens with two attached hydrogens (primary N) is 1. The molecule has 0 saturated carbocycles. The fourth-order valence-electron chi connectivity index (χ4n) is 1.17. The smallest absolute Gasteiger partial charge is 0.315 e. The van der Waals surface area contributed by atoms with Gasteiger partial charge in [0.25, 0.3) is 5.78 Å². The lowest BCUT2D eigenvalue weighted by molar-refractivity contribution is -0.124. The van der Waals surface area contributed by atoms with Crippen molar-refractivity contribution in [1.82, 2.24) is 5.48 Å². The number of rotatable bonds is 4. The maximum Gasteiger partial charge on any atom is 0.315 e. The van der Waals surface area contributed by atoms with Gasteiger partial charge >= 0.3 is 5.91 Å². The van der Waals surface area contributed by atoms with Crippen molar-refractivity contribution in [2.75, 3.05) is 12.3 Å². The van der Waals surface area contributed by atoms with Gasteiger partial charge in [-0.25, -0.2) is 5.48 Å². The van der Waals surface area contributed by atoms with Crippen molar-refractivity contribution in [3.63, 3.8) is 0 Å². The summed E-state index contributed by atoms with van der Waals surface area (Å²) in [6.07, 6.45) is 0. The van der Waals surface area contributed by atoms with Crippen LogP contribution in [0.5, 0.6) is 5.75 Å². The molecule has 1 aromatic carbocycles. The third-order valence-electron chi connectivity index (χ3n) is 1.86. The first kappa shape index (κ1) is 12.0. The number of benzene rings is 1. The highest BCUT2D eigenvalue weighted by atomic mass is 16.5. The Kier molecular flexibility index (Phi) is 3.84. The quantitative estimate of drug-likeness (QED) is 0.225. The summed E-state index contributed by atoms with van der Waals surface area (Å²) in [5.41, 5.74) is 7.28. The van der Waals surface area contributed by atoms with E-state index in [1.807, 2.05) is 0 Å². The van der Waals surface area contributed by atoms with E-state index in [-0.39, 0.29) is 11.3 Å². The molecule has 16 heavy (non-hydrogen) atoms. The number of anilines is 1. The van der Waals surface area contributed by atoms with Crippen molar-refractivity contribution >= 4 is 17.4 Å². The largest absolute Gasteiger partial charge is 0.493 e. The van der Waals surface area contributed by atoms with E-state index in [0.717, 1.165) is 0 Å². The lowest BCUT2D eigenvalue weighted by Crippen LogP contribution is -2.28. The van der Waals surface area contributed by atoms with E-state index in [1.165, 1.54) is 23.7 Å². The molecule has 0 fully saturated rings. The summed E-state index contributed by atoms with van der Waals surface area (Å²) in [4.78, 5) is 22.4. The molecule has 1 aromatic rings. The number of nitrogens with one attached hydrogen (secondary N) is 1. The Labute approximate surface area is 92.0 Å². The van der Waals surface area contributed by atoms with Gasteiger partial charge in [0.1, 0.15) is 5.75 Å². The molecule has 6 nitrogen and oxygen atoms in total. The second kappa shape index (κ2) is 5.13. The van der Waals surface area contributed by atoms with Gasteiger partial charge in [-0.2, -0.15) is 0 Å². The number of hydrogen-bond donors (Lipinski definition) is 3. The van der Waals surface area contributed by atoms with Gasteiger partial charge in [-0.1, -0.05) is 0 Å². The van der Waals surface area contributed by atoms with E-state index in [2.05, 4.69) is 0 Å². The first-order valence-electron chi connectivity index (χ1n) is 4.61. The molecule has 4 N–H and O–H groups in total. The van der Waals surface area contributed by atoms with Gasteiger partial charge in [0.05, 0.1) is 12.2 Å². The van der Waals surface area contributed by atoms with Crippen LogP contribution in [0.2, 0.25) is 0 Å². The Bertz CT molecular complexity index is 417. The minimum Gasteiger partial charge on any atom is -0.493 e. The zero-order valence-electron chi connectivity index (χ0n) is 8.69. The van der Waals surface area contributed by atoms with Crippen molar-refractivity contribution in [2.24, 2.45) is 0 Å². The first-order valence-corrected chi connectivity index (χ1v) is 4.61. The van der Waals surface area contributed by atoms with Gasteiger partial charge in [-0.15, -0.1) is 0 Å². The third kappa shape index (κ3) is 2.48. The zero-order valence-corrected chi connectivity index (χ0v) is 8.69. The van der Waals surface area contributed by atoms with E-state index in [4.69, 9.17) is 15.7 Å². The predicted molar refractivity (Wildman–Crippen MR) is 56.3 cm³/mol. The van der Waals surface area contributed by atoms with Gasteiger partial charge in [-0.05, 0) is 19.1 Å². The molecule has 0 radical (unpaired) electrons. The van der Waals surface area contributed by atoms with Crippen LogP contribution in [0.15, 0.2) is 18.2 Å². The maximum atomic E-state index is 11.5. The van der Waals surface area contributed by atoms with Gasteiger partial charge in [0.2, 0.25) is 0 Å². The van der Waals surface area contributed by atoms with Gasteiger partial charge in [-0.3, -0.25) is 14.8 Å². The van der Waals surface area contributed by atoms with Crippen LogP contribution >= 0.6 is 0 Å². The number of ether oxygens (including phenoxy) is 1. The van der Waals surface area contributed by atoms with E-state index < -0.39 is 11.7 Å². The summed E-state index contributed by atoms with van der Waals surface area (Å²) >= 11 is 0. The van der Waals surface area contributed by atoms with E-state index >= 15 is 0 Å². The average Bonchev–Trinajstić information content (AvgIpc) is 2.28. The molecule has 0 heterocycles. The molecule has 0 aromatic heterocycles. The molecule has 0 saturated heterocycles. The fourth-order valence-corrected chi connectivity index (χ4v) is 1.17. The van der Waals surface area contributed by atoms with Crippen molar-refractivity contribution in [2.45, 2.75) is 6.92 Å². The number of amides is 1. The summed E-state index contributed by atoms with van der Waals surface area (Å²) in [6.45, 7) is 2.08. The highest BCUT2D eigenvalue weighted by Crippen LogP contribution is 2.22. The summed E-state index contributed by atoms with van der Waals surface area (Å²) in [5, 5.41) is 8.36. The average molecular weight is 224 g/mol. The molecule has 0 aliphatic rings. The molecule has 1 amide bonds. The predicted octanol–water partition coefficient (Wildman–Crippen LogP) is 0.356. The van der Waals surface area contributed by atoms with Crippen LogP contribution < -0.4 is 16.0 Å². The molecule has 0 unspecified atom stereocenters. The van der Waals surface area contributed by atoms with Crippen LogP contribution in [-0.2, 0) is 4.79 Å². The third-order valence-corrected chi connectivity index (χ3v) is 1.86. The molecule has 0 aliphatic heterocycles. The molecule has 0 atom stereocenters. The Balaban J connectivity index is 3.11. The Morgan fingerprint density at radius 1 is 1.50 bits per heavy atom. The molecular weight excluding hydrogens is 212 g/mol. The summed E-state index contributed by atoms with van der Waals surface area (Å²) in [5.74, 6) is -1.78. The molecule has 0 bridgehead atoms. The Morgan fingerprint density at radius 3 is 2.75 bits per heavy atom. The number of hydrogen-bond acceptors (Lipinski definition) is 5. The molecular formula is C10H12N2O4. The number of carbonyl (C=O) groups excluding carboxylic acids is 2. The SMILES string of the molecule is CCOc1cc(N)ccc1C(=O)C(=O)NO. The van der Waals surface area contributed by atoms with Crippen molar-refractivity contribution in [3.05, 3.63) is 23.8 Å². The number of Topliss-reactive ketones (excluding diaryl/α,β-unsaturated/α-hetero) is 1. The van der Waals surface area contributed by atoms with Crippen LogP contribution in [0.4, 0.5) is 5.69 Å². The molecule has 86 valence electrons. The van der Waals surface area contributed by atoms with E-state index in [0.29, 0.717) is 12.3 Å². The highest BCUT2D eigenvalue weighted by molar-refractivity contribution is 6.43. The normalized spacial score (nSPS) is 9.62. The van der Waals surface area contributed by atoms with Crippen LogP contribution in [0.1, 0.15) is 17.3 Å². The number of nitrogen functional groups attached to an aromatic ring is 1. The molecule has 0 spiro atoms. The minimum absolute atomic E-state index is 0.0580. The second-order valence-corrected chi connectivity index (χ2v) is 2.96. The Hall–Kier alpha value is -2.08. The fraction of sp³-hybridized carbons (Fsp3) is 0.200. The van der Waals surface area contributed by atoms with Crippen molar-refractivity contribution in [1.29, 1.82) is 0 Å². The summed E-state index contributed by atoms with van der Waals surface area (Å²) in [7, 11) is 0.